The van der Waals surface area contributed by atoms with E-state index in [1.807, 2.05) is 23.7 Å². The summed E-state index contributed by atoms with van der Waals surface area (Å²) in [6, 6.07) is 78.1. The molecule has 0 N–H and O–H groups in total. The van der Waals surface area contributed by atoms with Crippen LogP contribution in [0.5, 0.6) is 0 Å². The Balaban J connectivity index is 1.10. The fourth-order valence-electron chi connectivity index (χ4n) is 11.1. The topological polar surface area (TPSA) is 35.9 Å². The van der Waals surface area contributed by atoms with Gasteiger partial charge in [0.05, 0.1) is 44.3 Å². The Morgan fingerprint density at radius 3 is 1.45 bits per heavy atom. The van der Waals surface area contributed by atoms with Crippen molar-refractivity contribution >= 4 is 126 Å². The monoisotopic (exact) mass is 863 g/mol. The van der Waals surface area contributed by atoms with Crippen LogP contribution in [0.3, 0.4) is 0 Å². The molecular formula is C59H37N3OSSi. The fourth-order valence-corrected chi connectivity index (χ4v) is 17.9. The largest absolute Gasteiger partial charge is 0.454 e. The summed E-state index contributed by atoms with van der Waals surface area (Å²) in [5, 5.41) is 14.8. The summed E-state index contributed by atoms with van der Waals surface area (Å²) in [5.74, 6) is 0. The van der Waals surface area contributed by atoms with Crippen molar-refractivity contribution in [1.82, 2.24) is 14.1 Å². The maximum absolute atomic E-state index is 7.54. The molecule has 9 aromatic carbocycles. The van der Waals surface area contributed by atoms with Crippen molar-refractivity contribution in [3.8, 4) is 11.4 Å². The second-order valence-electron chi connectivity index (χ2n) is 17.0. The first kappa shape index (κ1) is 36.5. The molecule has 14 rings (SSSR count). The van der Waals surface area contributed by atoms with Gasteiger partial charge in [-0.1, -0.05) is 176 Å². The van der Waals surface area contributed by atoms with Gasteiger partial charge in [0.1, 0.15) is 5.58 Å². The van der Waals surface area contributed by atoms with Crippen molar-refractivity contribution < 1.29 is 4.42 Å². The number of furan rings is 1. The third-order valence-electron chi connectivity index (χ3n) is 13.8. The van der Waals surface area contributed by atoms with Crippen molar-refractivity contribution in [2.24, 2.45) is 0 Å². The Hall–Kier alpha value is -8.03. The molecule has 304 valence electrons. The number of nitrogens with zero attached hydrogens (tertiary/aromatic N) is 3. The standard InChI is InChI=1S/C59H37N3OSSi/c1-3-17-38(18-4-1)65(39-19-5-2-6-20-39,54-33-15-25-45-44-24-13-31-51(56(44)63-57(45)54)61-48-28-10-7-21-40(48)41-22-8-11-29-49(41)61)55-34-16-27-47-46-26-14-32-52(58(46)64-59(47)55)62-50-30-12-9-23-42(50)43-35-36-60-37-53(43)62/h1-37H. The van der Waals surface area contributed by atoms with Crippen LogP contribution in [0.1, 0.15) is 0 Å². The molecule has 0 bridgehead atoms. The van der Waals surface area contributed by atoms with E-state index in [0.29, 0.717) is 0 Å². The predicted octanol–water partition coefficient (Wildman–Crippen LogP) is 12.9. The van der Waals surface area contributed by atoms with Crippen molar-refractivity contribution in [2.45, 2.75) is 0 Å². The third kappa shape index (κ3) is 5.03. The molecular weight excluding hydrogens is 827 g/mol. The molecule has 0 fully saturated rings. The molecule has 6 heteroatoms. The minimum Gasteiger partial charge on any atom is -0.454 e. The summed E-state index contributed by atoms with van der Waals surface area (Å²) >= 11 is 1.91. The molecule has 0 saturated carbocycles. The molecule has 0 spiro atoms. The quantitative estimate of drug-likeness (QED) is 0.123. The third-order valence-corrected chi connectivity index (χ3v) is 20.1. The van der Waals surface area contributed by atoms with E-state index in [0.717, 1.165) is 49.9 Å². The van der Waals surface area contributed by atoms with Gasteiger partial charge in [-0.05, 0) is 57.1 Å². The zero-order chi connectivity index (χ0) is 42.6. The smallest absolute Gasteiger partial charge is 0.185 e. The second kappa shape index (κ2) is 14.0. The first-order valence-electron chi connectivity index (χ1n) is 22.1. The normalized spacial score (nSPS) is 12.3. The molecule has 0 unspecified atom stereocenters. The average molecular weight is 864 g/mol. The van der Waals surface area contributed by atoms with Gasteiger partial charge in [-0.25, -0.2) is 0 Å². The number of benzene rings is 9. The van der Waals surface area contributed by atoms with Crippen molar-refractivity contribution in [1.29, 1.82) is 0 Å². The number of fused-ring (bicyclic) bond motifs is 12. The molecule has 0 aliphatic heterocycles. The molecule has 0 amide bonds. The van der Waals surface area contributed by atoms with Crippen LogP contribution in [0.2, 0.25) is 0 Å². The summed E-state index contributed by atoms with van der Waals surface area (Å²) in [5.41, 5.74) is 8.62. The predicted molar refractivity (Wildman–Crippen MR) is 277 cm³/mol. The van der Waals surface area contributed by atoms with Crippen LogP contribution in [-0.2, 0) is 0 Å². The lowest BCUT2D eigenvalue weighted by molar-refractivity contribution is 0.668. The number of hydrogen-bond donors (Lipinski definition) is 0. The highest BCUT2D eigenvalue weighted by Crippen LogP contribution is 2.42. The molecule has 0 saturated heterocycles. The van der Waals surface area contributed by atoms with E-state index >= 15 is 0 Å². The van der Waals surface area contributed by atoms with Crippen LogP contribution in [0.15, 0.2) is 229 Å². The van der Waals surface area contributed by atoms with Crippen molar-refractivity contribution in [3.63, 3.8) is 0 Å². The highest BCUT2D eigenvalue weighted by Gasteiger charge is 2.45. The van der Waals surface area contributed by atoms with Gasteiger partial charge in [0, 0.05) is 54.0 Å². The Morgan fingerprint density at radius 2 is 0.815 bits per heavy atom. The lowest BCUT2D eigenvalue weighted by atomic mass is 10.1. The molecule has 4 nitrogen and oxygen atoms in total. The van der Waals surface area contributed by atoms with Crippen LogP contribution in [0.25, 0.3) is 97.1 Å². The molecule has 0 aliphatic carbocycles. The van der Waals surface area contributed by atoms with E-state index in [9.17, 15) is 0 Å². The maximum atomic E-state index is 7.54. The zero-order valence-electron chi connectivity index (χ0n) is 35.0. The highest BCUT2D eigenvalue weighted by molar-refractivity contribution is 7.31. The minimum absolute atomic E-state index is 0.885. The lowest BCUT2D eigenvalue weighted by Gasteiger charge is -2.34. The molecule has 0 atom stereocenters. The van der Waals surface area contributed by atoms with E-state index in [1.54, 1.807) is 0 Å². The molecule has 5 aromatic heterocycles. The molecule has 0 aliphatic rings. The summed E-state index contributed by atoms with van der Waals surface area (Å²) in [6.07, 6.45) is 3.91. The van der Waals surface area contributed by atoms with Gasteiger partial charge < -0.3 is 13.6 Å². The van der Waals surface area contributed by atoms with Crippen molar-refractivity contribution in [3.05, 3.63) is 225 Å². The SMILES string of the molecule is c1ccc([Si](c2ccccc2)(c2cccc3c2oc2c(-n4c5ccccc5c5ccccc54)cccc23)c2cccc3c2sc2c(-n4c5ccccc5c5ccncc54)cccc23)cc1. The van der Waals surface area contributed by atoms with Crippen LogP contribution < -0.4 is 20.7 Å². The lowest BCUT2D eigenvalue weighted by Crippen LogP contribution is -2.74. The van der Waals surface area contributed by atoms with Crippen molar-refractivity contribution in [2.75, 3.05) is 0 Å². The van der Waals surface area contributed by atoms with Gasteiger partial charge in [0.2, 0.25) is 0 Å². The molecule has 0 radical (unpaired) electrons. The second-order valence-corrected chi connectivity index (χ2v) is 21.7. The fraction of sp³-hybridized carbons (Fsp3) is 0. The van der Waals surface area contributed by atoms with Crippen LogP contribution >= 0.6 is 11.3 Å². The Morgan fingerprint density at radius 1 is 0.354 bits per heavy atom. The van der Waals surface area contributed by atoms with Gasteiger partial charge >= 0.3 is 0 Å². The Bertz CT molecular complexity index is 3820. The molecule has 65 heavy (non-hydrogen) atoms. The van der Waals surface area contributed by atoms with Gasteiger partial charge in [0.25, 0.3) is 0 Å². The van der Waals surface area contributed by atoms with Gasteiger partial charge in [-0.3, -0.25) is 4.98 Å². The minimum atomic E-state index is -3.20. The van der Waals surface area contributed by atoms with E-state index in [-0.39, 0.29) is 0 Å². The number of aromatic nitrogens is 3. The summed E-state index contributed by atoms with van der Waals surface area (Å²) in [7, 11) is -3.20. The highest BCUT2D eigenvalue weighted by atomic mass is 32.1. The Kier molecular flexibility index (Phi) is 7.84. The van der Waals surface area contributed by atoms with Crippen LogP contribution in [0, 0.1) is 0 Å². The van der Waals surface area contributed by atoms with E-state index < -0.39 is 8.07 Å². The summed E-state index contributed by atoms with van der Waals surface area (Å²) in [4.78, 5) is 4.63. The number of thiophene rings is 1. The number of rotatable bonds is 6. The van der Waals surface area contributed by atoms with Crippen LogP contribution in [0.4, 0.5) is 0 Å². The Labute approximate surface area is 378 Å². The number of pyridine rings is 1. The van der Waals surface area contributed by atoms with E-state index in [2.05, 4.69) is 226 Å². The average Bonchev–Trinajstić information content (AvgIpc) is 4.14. The zero-order valence-corrected chi connectivity index (χ0v) is 36.8. The first-order chi connectivity index (χ1) is 32.3. The van der Waals surface area contributed by atoms with E-state index in [1.165, 1.54) is 68.0 Å². The maximum Gasteiger partial charge on any atom is 0.185 e. The molecule has 5 heterocycles. The van der Waals surface area contributed by atoms with Gasteiger partial charge in [-0.15, -0.1) is 11.3 Å². The van der Waals surface area contributed by atoms with Gasteiger partial charge in [0.15, 0.2) is 13.7 Å². The van der Waals surface area contributed by atoms with Crippen LogP contribution in [-0.4, -0.2) is 22.2 Å². The van der Waals surface area contributed by atoms with E-state index in [4.69, 9.17) is 4.42 Å². The number of hydrogen-bond acceptors (Lipinski definition) is 3. The first-order valence-corrected chi connectivity index (χ1v) is 24.9. The number of para-hydroxylation sites is 5. The van der Waals surface area contributed by atoms with Gasteiger partial charge in [-0.2, -0.15) is 0 Å². The summed E-state index contributed by atoms with van der Waals surface area (Å²) < 4.78 is 14.9. The summed E-state index contributed by atoms with van der Waals surface area (Å²) in [6.45, 7) is 0. The molecule has 14 aromatic rings.